The van der Waals surface area contributed by atoms with E-state index < -0.39 is 0 Å². The van der Waals surface area contributed by atoms with Crippen LogP contribution in [0.1, 0.15) is 54.7 Å². The Morgan fingerprint density at radius 1 is 1.07 bits per heavy atom. The van der Waals surface area contributed by atoms with E-state index in [1.807, 2.05) is 17.0 Å². The Labute approximate surface area is 175 Å². The fraction of sp³-hybridized carbons (Fsp3) is 0.480. The first kappa shape index (κ1) is 21.5. The lowest BCUT2D eigenvalue weighted by molar-refractivity contribution is -0.0704. The van der Waals surface area contributed by atoms with Crippen molar-refractivity contribution < 1.29 is 9.53 Å². The van der Waals surface area contributed by atoms with Crippen molar-refractivity contribution in [2.75, 3.05) is 18.0 Å². The van der Waals surface area contributed by atoms with Gasteiger partial charge in [0.2, 0.25) is 0 Å². The second-order valence-corrected chi connectivity index (χ2v) is 8.71. The number of hydrogen-bond donors (Lipinski definition) is 0. The maximum Gasteiger partial charge on any atom is 0.258 e. The van der Waals surface area contributed by atoms with Gasteiger partial charge in [0.25, 0.3) is 5.91 Å². The van der Waals surface area contributed by atoms with Crippen LogP contribution in [0.15, 0.2) is 42.5 Å². The zero-order chi connectivity index (χ0) is 21.1. The predicted molar refractivity (Wildman–Crippen MR) is 120 cm³/mol. The van der Waals surface area contributed by atoms with E-state index in [0.717, 1.165) is 42.0 Å². The number of rotatable bonds is 5. The second kappa shape index (κ2) is 9.10. The molecule has 2 atom stereocenters. The molecule has 29 heavy (non-hydrogen) atoms. The monoisotopic (exact) mass is 394 g/mol. The van der Waals surface area contributed by atoms with E-state index in [4.69, 9.17) is 4.74 Å². The van der Waals surface area contributed by atoms with Gasteiger partial charge in [0.05, 0.1) is 12.2 Å². The van der Waals surface area contributed by atoms with Crippen molar-refractivity contribution >= 4 is 11.6 Å². The molecule has 0 N–H and O–H groups in total. The van der Waals surface area contributed by atoms with E-state index >= 15 is 0 Å². The van der Waals surface area contributed by atoms with Gasteiger partial charge < -0.3 is 9.64 Å². The van der Waals surface area contributed by atoms with Gasteiger partial charge in [-0.25, -0.2) is 0 Å². The molecule has 1 saturated heterocycles. The molecule has 0 aromatic heterocycles. The van der Waals surface area contributed by atoms with Crippen LogP contribution in [0.2, 0.25) is 0 Å². The number of amides is 1. The summed E-state index contributed by atoms with van der Waals surface area (Å²) in [6.07, 6.45) is 0.522. The van der Waals surface area contributed by atoms with Gasteiger partial charge in [0.15, 0.2) is 0 Å². The minimum absolute atomic E-state index is 0.0499. The summed E-state index contributed by atoms with van der Waals surface area (Å²) in [5.41, 5.74) is 5.22. The highest BCUT2D eigenvalue weighted by Crippen LogP contribution is 2.26. The number of morpholine rings is 1. The summed E-state index contributed by atoms with van der Waals surface area (Å²) in [6, 6.07) is 14.4. The van der Waals surface area contributed by atoms with Crippen LogP contribution < -0.4 is 4.90 Å². The molecule has 1 aliphatic heterocycles. The smallest absolute Gasteiger partial charge is 0.258 e. The maximum atomic E-state index is 13.3. The Kier molecular flexibility index (Phi) is 6.76. The van der Waals surface area contributed by atoms with E-state index in [0.29, 0.717) is 0 Å². The Morgan fingerprint density at radius 2 is 1.69 bits per heavy atom. The summed E-state index contributed by atoms with van der Waals surface area (Å²) >= 11 is 0. The average Bonchev–Trinajstić information content (AvgIpc) is 2.64. The molecule has 3 rings (SSSR count). The van der Waals surface area contributed by atoms with Gasteiger partial charge in [0, 0.05) is 36.9 Å². The Balaban J connectivity index is 1.77. The van der Waals surface area contributed by atoms with E-state index in [9.17, 15) is 4.79 Å². The van der Waals surface area contributed by atoms with Crippen LogP contribution in [0.5, 0.6) is 0 Å². The third-order valence-electron chi connectivity index (χ3n) is 5.46. The molecule has 0 radical (unpaired) electrons. The fourth-order valence-corrected chi connectivity index (χ4v) is 4.16. The number of aryl methyl sites for hydroxylation is 2. The molecule has 2 unspecified atom stereocenters. The minimum atomic E-state index is 0.0499. The summed E-state index contributed by atoms with van der Waals surface area (Å²) in [6.45, 7) is 15.3. The highest BCUT2D eigenvalue weighted by Gasteiger charge is 2.24. The summed E-state index contributed by atoms with van der Waals surface area (Å²) in [5, 5.41) is 0. The maximum absolute atomic E-state index is 13.3. The highest BCUT2D eigenvalue weighted by molar-refractivity contribution is 6.06. The average molecular weight is 395 g/mol. The quantitative estimate of drug-likeness (QED) is 0.718. The van der Waals surface area contributed by atoms with Crippen molar-refractivity contribution in [2.45, 2.75) is 66.3 Å². The summed E-state index contributed by atoms with van der Waals surface area (Å²) in [5.74, 6) is 0.0499. The topological polar surface area (TPSA) is 32.8 Å². The molecule has 0 saturated carbocycles. The molecule has 4 heteroatoms. The molecule has 0 aliphatic carbocycles. The number of carbonyl (C=O) groups excluding carboxylic acids is 1. The SMILES string of the molecule is Cc1ccc(C)c(N(C(=O)c2ccc(CN3CC(C)OC(C)C3)cc2)C(C)C)c1. The van der Waals surface area contributed by atoms with Crippen LogP contribution in [0.4, 0.5) is 5.69 Å². The van der Waals surface area contributed by atoms with Crippen LogP contribution in [-0.4, -0.2) is 42.1 Å². The van der Waals surface area contributed by atoms with Crippen molar-refractivity contribution in [1.82, 2.24) is 4.90 Å². The fourth-order valence-electron chi connectivity index (χ4n) is 4.16. The van der Waals surface area contributed by atoms with Gasteiger partial charge in [-0.15, -0.1) is 0 Å². The van der Waals surface area contributed by atoms with Gasteiger partial charge in [-0.2, -0.15) is 0 Å². The van der Waals surface area contributed by atoms with Crippen molar-refractivity contribution in [3.05, 3.63) is 64.7 Å². The summed E-state index contributed by atoms with van der Waals surface area (Å²) in [7, 11) is 0. The zero-order valence-corrected chi connectivity index (χ0v) is 18.6. The molecular weight excluding hydrogens is 360 g/mol. The normalized spacial score (nSPS) is 20.1. The standard InChI is InChI=1S/C25H34N2O2/c1-17(2)27(24-13-18(3)7-8-19(24)4)25(28)23-11-9-22(10-12-23)16-26-14-20(5)29-21(6)15-26/h7-13,17,20-21H,14-16H2,1-6H3. The van der Waals surface area contributed by atoms with E-state index in [-0.39, 0.29) is 24.2 Å². The summed E-state index contributed by atoms with van der Waals surface area (Å²) in [4.78, 5) is 17.7. The number of hydrogen-bond acceptors (Lipinski definition) is 3. The van der Waals surface area contributed by atoms with Gasteiger partial charge in [-0.3, -0.25) is 9.69 Å². The molecule has 156 valence electrons. The number of anilines is 1. The predicted octanol–water partition coefficient (Wildman–Crippen LogP) is 4.97. The molecule has 2 aromatic rings. The Hall–Kier alpha value is -2.17. The molecule has 4 nitrogen and oxygen atoms in total. The number of benzene rings is 2. The van der Waals surface area contributed by atoms with Crippen LogP contribution >= 0.6 is 0 Å². The number of ether oxygens (including phenoxy) is 1. The van der Waals surface area contributed by atoms with Gasteiger partial charge in [-0.05, 0) is 76.4 Å². The number of carbonyl (C=O) groups is 1. The van der Waals surface area contributed by atoms with Crippen molar-refractivity contribution in [3.63, 3.8) is 0 Å². The van der Waals surface area contributed by atoms with Gasteiger partial charge in [0.1, 0.15) is 0 Å². The number of nitrogens with zero attached hydrogens (tertiary/aromatic N) is 2. The van der Waals surface area contributed by atoms with E-state index in [1.54, 1.807) is 0 Å². The first-order chi connectivity index (χ1) is 13.7. The first-order valence-corrected chi connectivity index (χ1v) is 10.6. The molecule has 1 amide bonds. The summed E-state index contributed by atoms with van der Waals surface area (Å²) < 4.78 is 5.82. The first-order valence-electron chi connectivity index (χ1n) is 10.6. The van der Waals surface area contributed by atoms with Crippen molar-refractivity contribution in [3.8, 4) is 0 Å². The Morgan fingerprint density at radius 3 is 2.28 bits per heavy atom. The van der Waals surface area contributed by atoms with Crippen LogP contribution in [-0.2, 0) is 11.3 Å². The molecule has 1 heterocycles. The largest absolute Gasteiger partial charge is 0.373 e. The molecule has 1 aliphatic rings. The lowest BCUT2D eigenvalue weighted by Crippen LogP contribution is -2.44. The lowest BCUT2D eigenvalue weighted by atomic mass is 10.1. The van der Waals surface area contributed by atoms with Crippen molar-refractivity contribution in [2.24, 2.45) is 0 Å². The molecule has 2 aromatic carbocycles. The van der Waals surface area contributed by atoms with Crippen LogP contribution in [0, 0.1) is 13.8 Å². The van der Waals surface area contributed by atoms with Gasteiger partial charge >= 0.3 is 0 Å². The molecule has 1 fully saturated rings. The van der Waals surface area contributed by atoms with Crippen LogP contribution in [0.25, 0.3) is 0 Å². The third kappa shape index (κ3) is 5.26. The highest BCUT2D eigenvalue weighted by atomic mass is 16.5. The molecule has 0 bridgehead atoms. The van der Waals surface area contributed by atoms with E-state index in [2.05, 4.69) is 76.8 Å². The minimum Gasteiger partial charge on any atom is -0.373 e. The van der Waals surface area contributed by atoms with Crippen molar-refractivity contribution in [1.29, 1.82) is 0 Å². The second-order valence-electron chi connectivity index (χ2n) is 8.71. The molecular formula is C25H34N2O2. The Bertz CT molecular complexity index is 834. The molecule has 0 spiro atoms. The third-order valence-corrected chi connectivity index (χ3v) is 5.46. The lowest BCUT2D eigenvalue weighted by Gasteiger charge is -2.35. The van der Waals surface area contributed by atoms with E-state index in [1.165, 1.54) is 5.56 Å². The van der Waals surface area contributed by atoms with Gasteiger partial charge in [-0.1, -0.05) is 24.3 Å². The van der Waals surface area contributed by atoms with Crippen LogP contribution in [0.3, 0.4) is 0 Å². The zero-order valence-electron chi connectivity index (χ0n) is 18.6.